The zero-order valence-electron chi connectivity index (χ0n) is 11.1. The van der Waals surface area contributed by atoms with Crippen molar-refractivity contribution >= 4 is 29.9 Å². The largest absolute Gasteiger partial charge is 0.383 e. The molecule has 0 spiro atoms. The van der Waals surface area contributed by atoms with Crippen molar-refractivity contribution in [2.24, 2.45) is 10.7 Å². The van der Waals surface area contributed by atoms with Crippen LogP contribution in [0.5, 0.6) is 0 Å². The lowest BCUT2D eigenvalue weighted by atomic mass is 10.1. The van der Waals surface area contributed by atoms with Crippen molar-refractivity contribution < 1.29 is 9.47 Å². The van der Waals surface area contributed by atoms with Gasteiger partial charge in [-0.15, -0.1) is 24.0 Å². The Morgan fingerprint density at radius 3 is 3.06 bits per heavy atom. The summed E-state index contributed by atoms with van der Waals surface area (Å²) in [6, 6.07) is 0.186. The zero-order chi connectivity index (χ0) is 12.5. The van der Waals surface area contributed by atoms with Gasteiger partial charge in [-0.3, -0.25) is 4.99 Å². The maximum atomic E-state index is 5.76. The third-order valence-electron chi connectivity index (χ3n) is 2.58. The minimum absolute atomic E-state index is 0. The molecule has 1 rings (SSSR count). The van der Waals surface area contributed by atoms with E-state index < -0.39 is 0 Å². The Kier molecular flexibility index (Phi) is 10.4. The molecule has 1 aliphatic heterocycles. The molecule has 0 saturated heterocycles. The molecule has 0 aromatic heterocycles. The summed E-state index contributed by atoms with van der Waals surface area (Å²) in [5, 5.41) is 3.08. The number of hydrogen-bond acceptors (Lipinski definition) is 3. The van der Waals surface area contributed by atoms with Crippen LogP contribution >= 0.6 is 24.0 Å². The highest BCUT2D eigenvalue weighted by molar-refractivity contribution is 14.0. The minimum atomic E-state index is 0. The number of ether oxygens (including phenoxy) is 2. The summed E-state index contributed by atoms with van der Waals surface area (Å²) >= 11 is 0. The van der Waals surface area contributed by atoms with Crippen LogP contribution in [0, 0.1) is 0 Å². The first-order valence-corrected chi connectivity index (χ1v) is 6.03. The van der Waals surface area contributed by atoms with E-state index in [1.54, 1.807) is 7.11 Å². The fourth-order valence-corrected chi connectivity index (χ4v) is 1.70. The van der Waals surface area contributed by atoms with E-state index in [4.69, 9.17) is 15.2 Å². The van der Waals surface area contributed by atoms with Gasteiger partial charge in [-0.1, -0.05) is 11.6 Å². The first-order valence-electron chi connectivity index (χ1n) is 6.03. The Hall–Kier alpha value is -0.340. The van der Waals surface area contributed by atoms with Crippen molar-refractivity contribution in [1.82, 2.24) is 5.32 Å². The Morgan fingerprint density at radius 2 is 2.44 bits per heavy atom. The molecule has 1 aliphatic rings. The van der Waals surface area contributed by atoms with Crippen molar-refractivity contribution in [2.45, 2.75) is 25.8 Å². The highest BCUT2D eigenvalue weighted by Crippen LogP contribution is 2.11. The lowest BCUT2D eigenvalue weighted by Gasteiger charge is -2.14. The number of hydrogen-bond donors (Lipinski definition) is 2. The van der Waals surface area contributed by atoms with Gasteiger partial charge in [0.15, 0.2) is 5.96 Å². The first-order chi connectivity index (χ1) is 8.22. The molecule has 3 N–H and O–H groups in total. The lowest BCUT2D eigenvalue weighted by Crippen LogP contribution is -2.40. The van der Waals surface area contributed by atoms with Crippen LogP contribution in [0.4, 0.5) is 0 Å². The minimum Gasteiger partial charge on any atom is -0.383 e. The summed E-state index contributed by atoms with van der Waals surface area (Å²) in [5.74, 6) is 0.488. The smallest absolute Gasteiger partial charge is 0.188 e. The number of methoxy groups -OCH3 is 1. The Morgan fingerprint density at radius 1 is 1.67 bits per heavy atom. The molecule has 0 bridgehead atoms. The molecule has 0 aromatic rings. The summed E-state index contributed by atoms with van der Waals surface area (Å²) in [5.41, 5.74) is 7.17. The van der Waals surface area contributed by atoms with Crippen LogP contribution in [0.25, 0.3) is 0 Å². The van der Waals surface area contributed by atoms with Gasteiger partial charge in [-0.05, 0) is 19.8 Å². The fraction of sp³-hybridized carbons (Fsp3) is 0.750. The van der Waals surface area contributed by atoms with Crippen LogP contribution in [-0.2, 0) is 9.47 Å². The van der Waals surface area contributed by atoms with Gasteiger partial charge >= 0.3 is 0 Å². The van der Waals surface area contributed by atoms with E-state index in [1.165, 1.54) is 5.57 Å². The van der Waals surface area contributed by atoms with Gasteiger partial charge in [-0.2, -0.15) is 0 Å². The van der Waals surface area contributed by atoms with E-state index in [-0.39, 0.29) is 30.0 Å². The molecule has 0 amide bonds. The summed E-state index contributed by atoms with van der Waals surface area (Å²) in [7, 11) is 1.67. The van der Waals surface area contributed by atoms with E-state index in [9.17, 15) is 0 Å². The molecule has 1 atom stereocenters. The quantitative estimate of drug-likeness (QED) is 0.320. The second-order valence-corrected chi connectivity index (χ2v) is 4.20. The number of nitrogens with two attached hydrogens (primary N) is 1. The van der Waals surface area contributed by atoms with Gasteiger partial charge in [-0.25, -0.2) is 0 Å². The van der Waals surface area contributed by atoms with Crippen LogP contribution in [0.15, 0.2) is 16.6 Å². The topological polar surface area (TPSA) is 68.9 Å². The monoisotopic (exact) mass is 369 g/mol. The highest BCUT2D eigenvalue weighted by Gasteiger charge is 2.04. The average Bonchev–Trinajstić information content (AvgIpc) is 2.30. The molecule has 0 aromatic carbocycles. The molecular formula is C12H24IN3O2. The van der Waals surface area contributed by atoms with E-state index in [1.807, 2.05) is 6.92 Å². The van der Waals surface area contributed by atoms with Crippen molar-refractivity contribution in [3.8, 4) is 0 Å². The number of aliphatic imine (C=N–C) groups is 1. The van der Waals surface area contributed by atoms with Crippen LogP contribution < -0.4 is 11.1 Å². The standard InChI is InChI=1S/C12H23N3O2.HI/c1-10(9-16-2)15-12(13)14-6-3-11-4-7-17-8-5-11;/h4,10H,3,5-9H2,1-2H3,(H3,13,14,15);1H. The SMILES string of the molecule is COCC(C)NC(N)=NCCC1=CCOCC1.I. The maximum Gasteiger partial charge on any atom is 0.188 e. The highest BCUT2D eigenvalue weighted by atomic mass is 127. The number of guanidine groups is 1. The summed E-state index contributed by atoms with van der Waals surface area (Å²) in [4.78, 5) is 4.29. The third-order valence-corrected chi connectivity index (χ3v) is 2.58. The molecule has 6 heteroatoms. The molecule has 5 nitrogen and oxygen atoms in total. The van der Waals surface area contributed by atoms with Crippen molar-refractivity contribution in [3.63, 3.8) is 0 Å². The van der Waals surface area contributed by atoms with Crippen LogP contribution in [0.2, 0.25) is 0 Å². The Labute approximate surface area is 126 Å². The predicted molar refractivity (Wildman–Crippen MR) is 84.5 cm³/mol. The van der Waals surface area contributed by atoms with Crippen LogP contribution in [0.3, 0.4) is 0 Å². The van der Waals surface area contributed by atoms with Crippen molar-refractivity contribution in [3.05, 3.63) is 11.6 Å². The zero-order valence-corrected chi connectivity index (χ0v) is 13.5. The van der Waals surface area contributed by atoms with Gasteiger partial charge < -0.3 is 20.5 Å². The van der Waals surface area contributed by atoms with E-state index in [0.717, 1.165) is 32.6 Å². The van der Waals surface area contributed by atoms with Gasteiger partial charge in [0, 0.05) is 19.7 Å². The second kappa shape index (κ2) is 10.6. The van der Waals surface area contributed by atoms with Crippen LogP contribution in [0.1, 0.15) is 19.8 Å². The van der Waals surface area contributed by atoms with Gasteiger partial charge in [0.25, 0.3) is 0 Å². The van der Waals surface area contributed by atoms with Gasteiger partial charge in [0.05, 0.1) is 19.8 Å². The third kappa shape index (κ3) is 7.88. The first kappa shape index (κ1) is 17.7. The predicted octanol–water partition coefficient (Wildman–Crippen LogP) is 1.28. The van der Waals surface area contributed by atoms with E-state index >= 15 is 0 Å². The molecular weight excluding hydrogens is 345 g/mol. The molecule has 106 valence electrons. The van der Waals surface area contributed by atoms with Crippen molar-refractivity contribution in [1.29, 1.82) is 0 Å². The fourth-order valence-electron chi connectivity index (χ4n) is 1.70. The maximum absolute atomic E-state index is 5.76. The molecule has 1 unspecified atom stereocenters. The number of rotatable bonds is 6. The average molecular weight is 369 g/mol. The van der Waals surface area contributed by atoms with E-state index in [2.05, 4.69) is 16.4 Å². The van der Waals surface area contributed by atoms with Gasteiger partial charge in [0.2, 0.25) is 0 Å². The second-order valence-electron chi connectivity index (χ2n) is 4.20. The molecule has 0 saturated carbocycles. The summed E-state index contributed by atoms with van der Waals surface area (Å²) < 4.78 is 10.3. The normalized spacial score (nSPS) is 17.7. The Bertz CT molecular complexity index is 282. The number of nitrogens with one attached hydrogen (secondary N) is 1. The molecule has 18 heavy (non-hydrogen) atoms. The summed E-state index contributed by atoms with van der Waals surface area (Å²) in [6.45, 7) is 4.92. The van der Waals surface area contributed by atoms with Crippen molar-refractivity contribution in [2.75, 3.05) is 33.5 Å². The number of nitrogens with zero attached hydrogens (tertiary/aromatic N) is 1. The van der Waals surface area contributed by atoms with Crippen LogP contribution in [-0.4, -0.2) is 45.5 Å². The number of halogens is 1. The van der Waals surface area contributed by atoms with E-state index in [0.29, 0.717) is 12.6 Å². The van der Waals surface area contributed by atoms with Gasteiger partial charge in [0.1, 0.15) is 0 Å². The molecule has 0 radical (unpaired) electrons. The summed E-state index contributed by atoms with van der Waals surface area (Å²) in [6.07, 6.45) is 4.11. The molecule has 0 aliphatic carbocycles. The molecule has 0 fully saturated rings. The Balaban J connectivity index is 0.00000289. The lowest BCUT2D eigenvalue weighted by molar-refractivity contribution is 0.153. The molecule has 1 heterocycles.